The maximum atomic E-state index is 12.8. The van der Waals surface area contributed by atoms with Gasteiger partial charge >= 0.3 is 0 Å². The van der Waals surface area contributed by atoms with Crippen molar-refractivity contribution in [2.75, 3.05) is 4.72 Å². The first kappa shape index (κ1) is 17.2. The molecule has 136 valence electrons. The van der Waals surface area contributed by atoms with Crippen LogP contribution in [0.3, 0.4) is 0 Å². The molecule has 0 saturated carbocycles. The number of sulfonamides is 1. The fourth-order valence-corrected chi connectivity index (χ4v) is 5.10. The third-order valence-electron chi connectivity index (χ3n) is 5.16. The van der Waals surface area contributed by atoms with Crippen LogP contribution in [0.1, 0.15) is 35.8 Å². The highest BCUT2D eigenvalue weighted by Gasteiger charge is 2.23. The zero-order valence-electron chi connectivity index (χ0n) is 15.3. The lowest BCUT2D eigenvalue weighted by molar-refractivity contribution is 0.438. The number of furan rings is 1. The summed E-state index contributed by atoms with van der Waals surface area (Å²) in [7, 11) is -3.63. The van der Waals surface area contributed by atoms with Crippen LogP contribution in [0, 0.1) is 19.8 Å². The molecular formula is C21H23NO3S. The van der Waals surface area contributed by atoms with Crippen LogP contribution < -0.4 is 4.72 Å². The molecule has 1 aliphatic rings. The van der Waals surface area contributed by atoms with E-state index in [0.717, 1.165) is 47.1 Å². The van der Waals surface area contributed by atoms with Gasteiger partial charge in [0.15, 0.2) is 0 Å². The molecular weight excluding hydrogens is 346 g/mol. The molecule has 1 aromatic heterocycles. The summed E-state index contributed by atoms with van der Waals surface area (Å²) in [5.74, 6) is 1.67. The summed E-state index contributed by atoms with van der Waals surface area (Å²) in [6.07, 6.45) is 3.07. The van der Waals surface area contributed by atoms with Gasteiger partial charge in [-0.3, -0.25) is 4.72 Å². The molecule has 4 rings (SSSR count). The van der Waals surface area contributed by atoms with Crippen LogP contribution in [0.2, 0.25) is 0 Å². The van der Waals surface area contributed by atoms with Crippen LogP contribution in [0.15, 0.2) is 45.7 Å². The van der Waals surface area contributed by atoms with Gasteiger partial charge in [-0.05, 0) is 62.4 Å². The van der Waals surface area contributed by atoms with Gasteiger partial charge in [0.25, 0.3) is 10.0 Å². The van der Waals surface area contributed by atoms with Crippen molar-refractivity contribution in [2.45, 2.75) is 44.9 Å². The maximum absolute atomic E-state index is 12.8. The molecule has 1 N–H and O–H groups in total. The first-order valence-electron chi connectivity index (χ1n) is 8.98. The van der Waals surface area contributed by atoms with Crippen LogP contribution in [0.25, 0.3) is 11.0 Å². The Labute approximate surface area is 154 Å². The molecule has 0 radical (unpaired) electrons. The Hall–Kier alpha value is -2.27. The number of fused-ring (bicyclic) bond motifs is 3. The van der Waals surface area contributed by atoms with E-state index in [4.69, 9.17) is 4.42 Å². The van der Waals surface area contributed by atoms with Crippen molar-refractivity contribution in [1.29, 1.82) is 0 Å². The second-order valence-corrected chi connectivity index (χ2v) is 9.09. The van der Waals surface area contributed by atoms with Gasteiger partial charge in [0.2, 0.25) is 0 Å². The number of anilines is 1. The minimum Gasteiger partial charge on any atom is -0.461 e. The Balaban J connectivity index is 1.72. The van der Waals surface area contributed by atoms with E-state index < -0.39 is 10.0 Å². The lowest BCUT2D eigenvalue weighted by atomic mass is 9.88. The topological polar surface area (TPSA) is 59.3 Å². The Morgan fingerprint density at radius 2 is 1.92 bits per heavy atom. The molecule has 0 spiro atoms. The molecule has 0 unspecified atom stereocenters. The number of hydrogen-bond donors (Lipinski definition) is 1. The summed E-state index contributed by atoms with van der Waals surface area (Å²) in [4.78, 5) is 0.311. The highest BCUT2D eigenvalue weighted by atomic mass is 32.2. The van der Waals surface area contributed by atoms with Crippen LogP contribution in [0.4, 0.5) is 5.69 Å². The van der Waals surface area contributed by atoms with Gasteiger partial charge < -0.3 is 4.42 Å². The average Bonchev–Trinajstić information content (AvgIpc) is 2.91. The zero-order chi connectivity index (χ0) is 18.5. The summed E-state index contributed by atoms with van der Waals surface area (Å²) in [5.41, 5.74) is 4.42. The van der Waals surface area contributed by atoms with Crippen molar-refractivity contribution in [1.82, 2.24) is 0 Å². The molecule has 1 heterocycles. The molecule has 4 nitrogen and oxygen atoms in total. The molecule has 0 bridgehead atoms. The van der Waals surface area contributed by atoms with Gasteiger partial charge in [-0.25, -0.2) is 8.42 Å². The maximum Gasteiger partial charge on any atom is 0.262 e. The second kappa shape index (κ2) is 6.16. The number of rotatable bonds is 3. The molecule has 26 heavy (non-hydrogen) atoms. The molecule has 1 aliphatic carbocycles. The van der Waals surface area contributed by atoms with Crippen molar-refractivity contribution in [2.24, 2.45) is 5.92 Å². The van der Waals surface area contributed by atoms with Crippen LogP contribution in [0.5, 0.6) is 0 Å². The van der Waals surface area contributed by atoms with Crippen LogP contribution in [-0.2, 0) is 22.9 Å². The minimum atomic E-state index is -3.63. The normalized spacial score (nSPS) is 17.3. The van der Waals surface area contributed by atoms with Gasteiger partial charge in [0.05, 0.1) is 4.90 Å². The summed E-state index contributed by atoms with van der Waals surface area (Å²) in [6.45, 7) is 6.01. The fraction of sp³-hybridized carbons (Fsp3) is 0.333. The van der Waals surface area contributed by atoms with Gasteiger partial charge in [-0.15, -0.1) is 0 Å². The van der Waals surface area contributed by atoms with E-state index in [9.17, 15) is 8.42 Å². The Kier molecular flexibility index (Phi) is 4.07. The molecule has 3 aromatic rings. The van der Waals surface area contributed by atoms with E-state index in [1.807, 2.05) is 38.1 Å². The number of benzene rings is 2. The second-order valence-electron chi connectivity index (χ2n) is 7.44. The highest BCUT2D eigenvalue weighted by Crippen LogP contribution is 2.35. The quantitative estimate of drug-likeness (QED) is 0.709. The number of nitrogens with one attached hydrogen (secondary N) is 1. The van der Waals surface area contributed by atoms with Gasteiger partial charge in [-0.2, -0.15) is 0 Å². The van der Waals surface area contributed by atoms with Crippen molar-refractivity contribution < 1.29 is 12.8 Å². The summed E-state index contributed by atoms with van der Waals surface area (Å²) in [5, 5.41) is 1.02. The van der Waals surface area contributed by atoms with Crippen molar-refractivity contribution in [3.63, 3.8) is 0 Å². The average molecular weight is 369 g/mol. The van der Waals surface area contributed by atoms with E-state index in [0.29, 0.717) is 16.5 Å². The minimum absolute atomic E-state index is 0.311. The molecule has 2 aromatic carbocycles. The van der Waals surface area contributed by atoms with Gasteiger partial charge in [0.1, 0.15) is 11.3 Å². The van der Waals surface area contributed by atoms with E-state index in [-0.39, 0.29) is 0 Å². The molecule has 0 aliphatic heterocycles. The Bertz CT molecular complexity index is 1100. The molecule has 5 heteroatoms. The van der Waals surface area contributed by atoms with Crippen molar-refractivity contribution >= 4 is 26.7 Å². The summed E-state index contributed by atoms with van der Waals surface area (Å²) < 4.78 is 34.3. The molecule has 1 atom stereocenters. The van der Waals surface area contributed by atoms with E-state index >= 15 is 0 Å². The SMILES string of the molecule is Cc1ccc(S(=O)(=O)Nc2ccc3oc4c(c3c2)C[C@@H](C)CC4)c(C)c1. The lowest BCUT2D eigenvalue weighted by Gasteiger charge is -2.16. The highest BCUT2D eigenvalue weighted by molar-refractivity contribution is 7.92. The molecule has 0 saturated heterocycles. The standard InChI is InChI=1S/C21H23NO3S/c1-13-5-9-21(15(3)10-13)26(23,24)22-16-6-8-20-18(12-16)17-11-14(2)4-7-19(17)25-20/h5-6,8-10,12,14,22H,4,7,11H2,1-3H3/t14-/m0/s1. The summed E-state index contributed by atoms with van der Waals surface area (Å²) >= 11 is 0. The van der Waals surface area contributed by atoms with E-state index in [2.05, 4.69) is 11.6 Å². The zero-order valence-corrected chi connectivity index (χ0v) is 16.1. The monoisotopic (exact) mass is 369 g/mol. The van der Waals surface area contributed by atoms with Crippen LogP contribution in [-0.4, -0.2) is 8.42 Å². The molecule has 0 amide bonds. The largest absolute Gasteiger partial charge is 0.461 e. The van der Waals surface area contributed by atoms with Gasteiger partial charge in [0, 0.05) is 23.1 Å². The fourth-order valence-electron chi connectivity index (χ4n) is 3.83. The van der Waals surface area contributed by atoms with Crippen LogP contribution >= 0.6 is 0 Å². The Morgan fingerprint density at radius 1 is 1.12 bits per heavy atom. The third-order valence-corrected chi connectivity index (χ3v) is 6.70. The van der Waals surface area contributed by atoms with Crippen molar-refractivity contribution in [3.8, 4) is 0 Å². The summed E-state index contributed by atoms with van der Waals surface area (Å²) in [6, 6.07) is 10.9. The first-order valence-corrected chi connectivity index (χ1v) is 10.5. The predicted molar refractivity (Wildman–Crippen MR) is 104 cm³/mol. The van der Waals surface area contributed by atoms with Crippen molar-refractivity contribution in [3.05, 3.63) is 58.8 Å². The number of aryl methyl sites for hydroxylation is 3. The molecule has 0 fully saturated rings. The Morgan fingerprint density at radius 3 is 2.69 bits per heavy atom. The third kappa shape index (κ3) is 3.01. The first-order chi connectivity index (χ1) is 12.3. The lowest BCUT2D eigenvalue weighted by Crippen LogP contribution is -2.14. The number of hydrogen-bond acceptors (Lipinski definition) is 3. The van der Waals surface area contributed by atoms with E-state index in [1.54, 1.807) is 12.1 Å². The van der Waals surface area contributed by atoms with E-state index in [1.165, 1.54) is 5.56 Å². The predicted octanol–water partition coefficient (Wildman–Crippen LogP) is 4.98. The van der Waals surface area contributed by atoms with Gasteiger partial charge in [-0.1, -0.05) is 24.6 Å². The smallest absolute Gasteiger partial charge is 0.262 e.